The number of aryl methyl sites for hydroxylation is 1. The number of methoxy groups -OCH3 is 1. The van der Waals surface area contributed by atoms with E-state index in [1.807, 2.05) is 38.1 Å². The van der Waals surface area contributed by atoms with E-state index in [9.17, 15) is 10.1 Å². The van der Waals surface area contributed by atoms with Crippen LogP contribution in [0.1, 0.15) is 55.2 Å². The lowest BCUT2D eigenvalue weighted by Gasteiger charge is -2.21. The predicted molar refractivity (Wildman–Crippen MR) is 121 cm³/mol. The molecule has 2 aromatic rings. The topological polar surface area (TPSA) is 67.0 Å². The zero-order chi connectivity index (χ0) is 22.3. The lowest BCUT2D eigenvalue weighted by molar-refractivity contribution is -0.117. The highest BCUT2D eigenvalue weighted by molar-refractivity contribution is 6.01. The standard InChI is InChI=1S/C25H33N3O2/c1-17(2)24(21-10-8-7-9-11-21)15-27-25(29)23(14-26)13-22-12-18(3)28(20(22)5)19(4)16-30-6/h7-13,17,19,24H,15-16H2,1-6H3,(H,27,29)/b23-13+. The van der Waals surface area contributed by atoms with Crippen LogP contribution < -0.4 is 5.32 Å². The van der Waals surface area contributed by atoms with Gasteiger partial charge in [0.2, 0.25) is 0 Å². The van der Waals surface area contributed by atoms with Crippen LogP contribution in [-0.2, 0) is 9.53 Å². The molecule has 2 rings (SSSR count). The number of carbonyl (C=O) groups is 1. The third kappa shape index (κ3) is 5.61. The van der Waals surface area contributed by atoms with Crippen molar-refractivity contribution in [1.29, 1.82) is 5.26 Å². The summed E-state index contributed by atoms with van der Waals surface area (Å²) in [4.78, 5) is 12.7. The summed E-state index contributed by atoms with van der Waals surface area (Å²) in [6.07, 6.45) is 1.68. The molecule has 0 saturated carbocycles. The van der Waals surface area contributed by atoms with Crippen LogP contribution in [-0.4, -0.2) is 30.7 Å². The fourth-order valence-electron chi connectivity index (χ4n) is 3.98. The van der Waals surface area contributed by atoms with E-state index in [0.717, 1.165) is 17.0 Å². The van der Waals surface area contributed by atoms with E-state index < -0.39 is 0 Å². The Morgan fingerprint density at radius 2 is 1.90 bits per heavy atom. The third-order valence-electron chi connectivity index (χ3n) is 5.55. The van der Waals surface area contributed by atoms with Gasteiger partial charge in [-0.25, -0.2) is 0 Å². The largest absolute Gasteiger partial charge is 0.383 e. The van der Waals surface area contributed by atoms with E-state index in [1.54, 1.807) is 13.2 Å². The lowest BCUT2D eigenvalue weighted by Crippen LogP contribution is -2.31. The summed E-state index contributed by atoms with van der Waals surface area (Å²) in [7, 11) is 1.68. The van der Waals surface area contributed by atoms with Crippen LogP contribution >= 0.6 is 0 Å². The van der Waals surface area contributed by atoms with Gasteiger partial charge in [-0.05, 0) is 50.0 Å². The third-order valence-corrected chi connectivity index (χ3v) is 5.55. The van der Waals surface area contributed by atoms with Crippen LogP contribution in [0.25, 0.3) is 6.08 Å². The summed E-state index contributed by atoms with van der Waals surface area (Å²) in [5.74, 6) is 0.215. The van der Waals surface area contributed by atoms with Crippen molar-refractivity contribution in [3.8, 4) is 6.07 Å². The Balaban J connectivity index is 2.19. The van der Waals surface area contributed by atoms with Crippen LogP contribution in [0, 0.1) is 31.1 Å². The second-order valence-corrected chi connectivity index (χ2v) is 8.14. The van der Waals surface area contributed by atoms with Crippen molar-refractivity contribution in [2.45, 2.75) is 46.6 Å². The van der Waals surface area contributed by atoms with Gasteiger partial charge in [0.05, 0.1) is 12.6 Å². The Morgan fingerprint density at radius 3 is 2.47 bits per heavy atom. The van der Waals surface area contributed by atoms with Gasteiger partial charge < -0.3 is 14.6 Å². The first-order valence-electron chi connectivity index (χ1n) is 10.4. The average Bonchev–Trinajstić information content (AvgIpc) is 2.99. The second-order valence-electron chi connectivity index (χ2n) is 8.14. The minimum Gasteiger partial charge on any atom is -0.383 e. The van der Waals surface area contributed by atoms with Crippen LogP contribution in [0.2, 0.25) is 0 Å². The van der Waals surface area contributed by atoms with Crippen molar-refractivity contribution in [2.24, 2.45) is 5.92 Å². The summed E-state index contributed by atoms with van der Waals surface area (Å²) in [6.45, 7) is 11.5. The van der Waals surface area contributed by atoms with E-state index in [0.29, 0.717) is 19.1 Å². The molecular formula is C25H33N3O2. The van der Waals surface area contributed by atoms with E-state index >= 15 is 0 Å². The molecule has 0 aliphatic rings. The molecule has 5 nitrogen and oxygen atoms in total. The Bertz CT molecular complexity index is 920. The SMILES string of the molecule is COCC(C)n1c(C)cc(/C=C(\C#N)C(=O)NCC(c2ccccc2)C(C)C)c1C. The van der Waals surface area contributed by atoms with Crippen molar-refractivity contribution in [2.75, 3.05) is 20.3 Å². The molecular weight excluding hydrogens is 374 g/mol. The molecule has 0 aliphatic carbocycles. The minimum atomic E-state index is -0.339. The molecule has 1 aromatic carbocycles. The zero-order valence-corrected chi connectivity index (χ0v) is 18.9. The van der Waals surface area contributed by atoms with E-state index in [2.05, 4.69) is 48.9 Å². The molecule has 0 saturated heterocycles. The quantitative estimate of drug-likeness (QED) is 0.481. The predicted octanol–water partition coefficient (Wildman–Crippen LogP) is 4.78. The van der Waals surface area contributed by atoms with Gasteiger partial charge in [0, 0.05) is 31.0 Å². The number of nitriles is 1. The highest BCUT2D eigenvalue weighted by atomic mass is 16.5. The molecule has 1 aromatic heterocycles. The lowest BCUT2D eigenvalue weighted by atomic mass is 9.88. The van der Waals surface area contributed by atoms with Crippen molar-refractivity contribution in [3.63, 3.8) is 0 Å². The number of nitrogens with one attached hydrogen (secondary N) is 1. The van der Waals surface area contributed by atoms with Crippen molar-refractivity contribution < 1.29 is 9.53 Å². The first-order chi connectivity index (χ1) is 14.3. The van der Waals surface area contributed by atoms with Gasteiger partial charge in [-0.2, -0.15) is 5.26 Å². The maximum absolute atomic E-state index is 12.7. The summed E-state index contributed by atoms with van der Waals surface area (Å²) < 4.78 is 7.45. The molecule has 160 valence electrons. The normalized spacial score (nSPS) is 13.7. The molecule has 0 radical (unpaired) electrons. The number of benzene rings is 1. The average molecular weight is 408 g/mol. The van der Waals surface area contributed by atoms with Crippen LogP contribution in [0.4, 0.5) is 0 Å². The molecule has 1 heterocycles. The molecule has 30 heavy (non-hydrogen) atoms. The van der Waals surface area contributed by atoms with E-state index in [-0.39, 0.29) is 23.4 Å². The fourth-order valence-corrected chi connectivity index (χ4v) is 3.98. The maximum Gasteiger partial charge on any atom is 0.261 e. The highest BCUT2D eigenvalue weighted by Crippen LogP contribution is 2.24. The number of hydrogen-bond acceptors (Lipinski definition) is 3. The summed E-state index contributed by atoms with van der Waals surface area (Å²) in [5.41, 5.74) is 4.27. The van der Waals surface area contributed by atoms with Gasteiger partial charge in [-0.15, -0.1) is 0 Å². The van der Waals surface area contributed by atoms with Gasteiger partial charge in [0.15, 0.2) is 0 Å². The first kappa shape index (κ1) is 23.4. The molecule has 0 spiro atoms. The molecule has 5 heteroatoms. The van der Waals surface area contributed by atoms with Crippen LogP contribution in [0.15, 0.2) is 42.0 Å². The molecule has 2 atom stereocenters. The monoisotopic (exact) mass is 407 g/mol. The van der Waals surface area contributed by atoms with Gasteiger partial charge in [0.25, 0.3) is 5.91 Å². The number of rotatable bonds is 9. The first-order valence-corrected chi connectivity index (χ1v) is 10.4. The molecule has 0 fully saturated rings. The minimum absolute atomic E-state index is 0.116. The van der Waals surface area contributed by atoms with Gasteiger partial charge in [-0.3, -0.25) is 4.79 Å². The Hall–Kier alpha value is -2.84. The second kappa shape index (κ2) is 10.8. The van der Waals surface area contributed by atoms with Gasteiger partial charge >= 0.3 is 0 Å². The molecule has 1 amide bonds. The Kier molecular flexibility index (Phi) is 8.44. The van der Waals surface area contributed by atoms with E-state index in [4.69, 9.17) is 4.74 Å². The molecule has 2 unspecified atom stereocenters. The molecule has 0 aliphatic heterocycles. The number of carbonyl (C=O) groups excluding carboxylic acids is 1. The number of ether oxygens (including phenoxy) is 1. The molecule has 0 bridgehead atoms. The zero-order valence-electron chi connectivity index (χ0n) is 18.9. The number of amides is 1. The van der Waals surface area contributed by atoms with Gasteiger partial charge in [0.1, 0.15) is 11.6 Å². The summed E-state index contributed by atoms with van der Waals surface area (Å²) in [5, 5.41) is 12.6. The molecule has 1 N–H and O–H groups in total. The van der Waals surface area contributed by atoms with Crippen molar-refractivity contribution >= 4 is 12.0 Å². The van der Waals surface area contributed by atoms with Crippen molar-refractivity contribution in [3.05, 3.63) is 64.5 Å². The van der Waals surface area contributed by atoms with E-state index in [1.165, 1.54) is 5.56 Å². The van der Waals surface area contributed by atoms with Crippen LogP contribution in [0.3, 0.4) is 0 Å². The maximum atomic E-state index is 12.7. The Labute approximate surface area is 180 Å². The number of hydrogen-bond donors (Lipinski definition) is 1. The smallest absolute Gasteiger partial charge is 0.261 e. The number of aromatic nitrogens is 1. The Morgan fingerprint density at radius 1 is 1.23 bits per heavy atom. The van der Waals surface area contributed by atoms with Gasteiger partial charge in [-0.1, -0.05) is 44.2 Å². The van der Waals surface area contributed by atoms with Crippen LogP contribution in [0.5, 0.6) is 0 Å². The summed E-state index contributed by atoms with van der Waals surface area (Å²) in [6, 6.07) is 14.4. The highest BCUT2D eigenvalue weighted by Gasteiger charge is 2.19. The number of nitrogens with zero attached hydrogens (tertiary/aromatic N) is 2. The fraction of sp³-hybridized carbons (Fsp3) is 0.440. The summed E-state index contributed by atoms with van der Waals surface area (Å²) >= 11 is 0. The van der Waals surface area contributed by atoms with Crippen molar-refractivity contribution in [1.82, 2.24) is 9.88 Å².